The Morgan fingerprint density at radius 1 is 0.861 bits per heavy atom. The van der Waals surface area contributed by atoms with Gasteiger partial charge in [0.05, 0.1) is 16.6 Å². The Morgan fingerprint density at radius 3 is 1.89 bits per heavy atom. The van der Waals surface area contributed by atoms with E-state index in [2.05, 4.69) is 0 Å². The van der Waals surface area contributed by atoms with Crippen LogP contribution in [0.3, 0.4) is 0 Å². The van der Waals surface area contributed by atoms with Crippen LogP contribution in [-0.2, 0) is 30.3 Å². The molecule has 0 bridgehead atoms. The summed E-state index contributed by atoms with van der Waals surface area (Å²) < 4.78 is 12.5. The molecule has 0 spiro atoms. The van der Waals surface area contributed by atoms with Crippen LogP contribution in [-0.4, -0.2) is 46.6 Å². The minimum Gasteiger partial charge on any atom is -0.481 e. The normalized spacial score (nSPS) is 14.8. The Hall–Kier alpha value is -2.05. The van der Waals surface area contributed by atoms with Crippen LogP contribution in [0.5, 0.6) is 0 Å². The number of ketones is 2. The fraction of sp³-hybridized carbons (Fsp3) is 0.700. The molecular formula is C30H48O6. The predicted molar refractivity (Wildman–Crippen MR) is 143 cm³/mol. The minimum atomic E-state index is -0.931. The average Bonchev–Trinajstić information content (AvgIpc) is 2.71. The molecule has 0 heterocycles. The zero-order chi connectivity index (χ0) is 27.9. The smallest absolute Gasteiger partial charge is 0.303 e. The van der Waals surface area contributed by atoms with Gasteiger partial charge in [0.1, 0.15) is 11.9 Å². The van der Waals surface area contributed by atoms with Crippen LogP contribution >= 0.6 is 0 Å². The molecule has 36 heavy (non-hydrogen) atoms. The summed E-state index contributed by atoms with van der Waals surface area (Å²) in [4.78, 5) is 37.8. The van der Waals surface area contributed by atoms with E-state index in [1.54, 1.807) is 0 Å². The van der Waals surface area contributed by atoms with Crippen LogP contribution in [0.15, 0.2) is 30.3 Å². The molecule has 0 aromatic heterocycles. The summed E-state index contributed by atoms with van der Waals surface area (Å²) in [6.45, 7) is 19.1. The van der Waals surface area contributed by atoms with Crippen molar-refractivity contribution >= 4 is 17.5 Å². The molecule has 6 nitrogen and oxygen atoms in total. The number of ether oxygens (including phenoxy) is 2. The number of carbonyl (C=O) groups excluding carboxylic acids is 2. The monoisotopic (exact) mass is 504 g/mol. The van der Waals surface area contributed by atoms with E-state index >= 15 is 0 Å². The van der Waals surface area contributed by atoms with Gasteiger partial charge in [0.25, 0.3) is 0 Å². The van der Waals surface area contributed by atoms with E-state index in [4.69, 9.17) is 9.47 Å². The van der Waals surface area contributed by atoms with Crippen molar-refractivity contribution in [3.8, 4) is 0 Å². The Balaban J connectivity index is 2.99. The molecule has 1 N–H and O–H groups in total. The second kappa shape index (κ2) is 12.5. The van der Waals surface area contributed by atoms with Gasteiger partial charge in [-0.2, -0.15) is 0 Å². The van der Waals surface area contributed by atoms with Crippen molar-refractivity contribution in [3.05, 3.63) is 35.9 Å². The van der Waals surface area contributed by atoms with Gasteiger partial charge in [-0.15, -0.1) is 0 Å². The molecule has 0 aliphatic carbocycles. The third-order valence-electron chi connectivity index (χ3n) is 6.94. The number of Topliss-reactive ketones (excluding diaryl/α,β-unsaturated/α-hetero) is 2. The lowest BCUT2D eigenvalue weighted by molar-refractivity contribution is -0.168. The quantitative estimate of drug-likeness (QED) is 0.320. The highest BCUT2D eigenvalue weighted by Gasteiger charge is 2.47. The van der Waals surface area contributed by atoms with Crippen LogP contribution in [0.25, 0.3) is 0 Å². The molecule has 0 aliphatic heterocycles. The van der Waals surface area contributed by atoms with Crippen molar-refractivity contribution in [2.75, 3.05) is 6.61 Å². The lowest BCUT2D eigenvalue weighted by atomic mass is 9.71. The van der Waals surface area contributed by atoms with Gasteiger partial charge >= 0.3 is 5.97 Å². The molecule has 1 aromatic carbocycles. The molecule has 0 radical (unpaired) electrons. The Kier molecular flexibility index (Phi) is 11.1. The first-order valence-electron chi connectivity index (χ1n) is 12.9. The van der Waals surface area contributed by atoms with Crippen LogP contribution < -0.4 is 0 Å². The SMILES string of the molecule is CC(C)(C)OC(Cc1ccccc1)C(=O)C(C)(C)C(C)(C)OCCC(CC(=O)O)CC(=O)C(C)(C)C. The molecule has 2 atom stereocenters. The summed E-state index contributed by atoms with van der Waals surface area (Å²) in [7, 11) is 0. The standard InChI is InChI=1S/C30H48O6/c1-27(2,3)24(31)19-22(20-25(32)33)16-17-35-30(9,10)29(7,8)26(34)23(36-28(4,5)6)18-21-14-12-11-13-15-21/h11-15,22-23H,16-20H2,1-10H3,(H,32,33). The Morgan fingerprint density at radius 2 is 1.42 bits per heavy atom. The summed E-state index contributed by atoms with van der Waals surface area (Å²) in [6.07, 6.45) is 0.349. The van der Waals surface area contributed by atoms with Gasteiger partial charge in [-0.1, -0.05) is 65.0 Å². The predicted octanol–water partition coefficient (Wildman–Crippen LogP) is 6.29. The molecular weight excluding hydrogens is 456 g/mol. The number of hydrogen-bond donors (Lipinski definition) is 1. The van der Waals surface area contributed by atoms with Crippen molar-refractivity contribution in [2.45, 2.75) is 112 Å². The van der Waals surface area contributed by atoms with Crippen LogP contribution in [0, 0.1) is 16.7 Å². The fourth-order valence-electron chi connectivity index (χ4n) is 3.89. The fourth-order valence-corrected chi connectivity index (χ4v) is 3.89. The number of carbonyl (C=O) groups is 3. The maximum absolute atomic E-state index is 13.9. The van der Waals surface area contributed by atoms with Gasteiger partial charge in [0, 0.05) is 31.3 Å². The van der Waals surface area contributed by atoms with Gasteiger partial charge in [-0.25, -0.2) is 0 Å². The minimum absolute atomic E-state index is 0.0339. The Bertz CT molecular complexity index is 871. The van der Waals surface area contributed by atoms with Crippen molar-refractivity contribution in [3.63, 3.8) is 0 Å². The summed E-state index contributed by atoms with van der Waals surface area (Å²) in [5.74, 6) is -1.26. The highest BCUT2D eigenvalue weighted by molar-refractivity contribution is 5.89. The van der Waals surface area contributed by atoms with Crippen LogP contribution in [0.2, 0.25) is 0 Å². The van der Waals surface area contributed by atoms with Gasteiger partial charge in [-0.3, -0.25) is 14.4 Å². The van der Waals surface area contributed by atoms with Gasteiger partial charge in [0.2, 0.25) is 0 Å². The van der Waals surface area contributed by atoms with Gasteiger partial charge in [0.15, 0.2) is 5.78 Å². The second-order valence-corrected chi connectivity index (χ2v) is 12.9. The number of aliphatic carboxylic acids is 1. The lowest BCUT2D eigenvalue weighted by Gasteiger charge is -2.43. The average molecular weight is 505 g/mol. The molecule has 0 amide bonds. The zero-order valence-corrected chi connectivity index (χ0v) is 24.1. The molecule has 0 saturated carbocycles. The van der Waals surface area contributed by atoms with Crippen molar-refractivity contribution in [2.24, 2.45) is 16.7 Å². The molecule has 1 rings (SSSR count). The van der Waals surface area contributed by atoms with Gasteiger partial charge in [-0.05, 0) is 52.5 Å². The summed E-state index contributed by atoms with van der Waals surface area (Å²) in [6, 6.07) is 9.82. The number of benzene rings is 1. The van der Waals surface area contributed by atoms with Crippen molar-refractivity contribution in [1.82, 2.24) is 0 Å². The molecule has 2 unspecified atom stereocenters. The first kappa shape index (κ1) is 32.0. The molecule has 6 heteroatoms. The van der Waals surface area contributed by atoms with E-state index < -0.39 is 34.1 Å². The van der Waals surface area contributed by atoms with Crippen molar-refractivity contribution in [1.29, 1.82) is 0 Å². The summed E-state index contributed by atoms with van der Waals surface area (Å²) in [5.41, 5.74) is -1.73. The van der Waals surface area contributed by atoms with E-state index in [-0.39, 0.29) is 36.9 Å². The molecule has 1 aromatic rings. The number of hydrogen-bond acceptors (Lipinski definition) is 5. The summed E-state index contributed by atoms with van der Waals surface area (Å²) in [5, 5.41) is 9.33. The first-order valence-corrected chi connectivity index (χ1v) is 12.9. The highest BCUT2D eigenvalue weighted by atomic mass is 16.5. The maximum Gasteiger partial charge on any atom is 0.303 e. The van der Waals surface area contributed by atoms with Crippen molar-refractivity contribution < 1.29 is 29.0 Å². The zero-order valence-electron chi connectivity index (χ0n) is 24.1. The highest BCUT2D eigenvalue weighted by Crippen LogP contribution is 2.38. The third kappa shape index (κ3) is 10.1. The van der Waals surface area contributed by atoms with E-state index in [9.17, 15) is 19.5 Å². The number of carboxylic acid groups (broad SMARTS) is 1. The van der Waals surface area contributed by atoms with E-state index in [1.165, 1.54) is 0 Å². The Labute approximate surface area is 218 Å². The molecule has 0 aliphatic rings. The molecule has 0 fully saturated rings. The van der Waals surface area contributed by atoms with E-state index in [1.807, 2.05) is 99.6 Å². The lowest BCUT2D eigenvalue weighted by Crippen LogP contribution is -2.53. The maximum atomic E-state index is 13.9. The number of rotatable bonds is 14. The molecule has 0 saturated heterocycles. The number of carboxylic acids is 1. The summed E-state index contributed by atoms with van der Waals surface area (Å²) >= 11 is 0. The molecule has 204 valence electrons. The van der Waals surface area contributed by atoms with E-state index in [0.29, 0.717) is 12.8 Å². The third-order valence-corrected chi connectivity index (χ3v) is 6.94. The van der Waals surface area contributed by atoms with E-state index in [0.717, 1.165) is 5.56 Å². The van der Waals surface area contributed by atoms with Crippen LogP contribution in [0.1, 0.15) is 94.1 Å². The first-order chi connectivity index (χ1) is 16.3. The largest absolute Gasteiger partial charge is 0.481 e. The van der Waals surface area contributed by atoms with Gasteiger partial charge < -0.3 is 14.6 Å². The second-order valence-electron chi connectivity index (χ2n) is 12.9. The topological polar surface area (TPSA) is 89.9 Å². The van der Waals surface area contributed by atoms with Crippen LogP contribution in [0.4, 0.5) is 0 Å².